The van der Waals surface area contributed by atoms with E-state index in [9.17, 15) is 4.79 Å². The highest BCUT2D eigenvalue weighted by atomic mass is 79.9. The summed E-state index contributed by atoms with van der Waals surface area (Å²) in [5.41, 5.74) is 8.71. The minimum atomic E-state index is -0.109. The van der Waals surface area contributed by atoms with Crippen molar-refractivity contribution in [3.8, 4) is 0 Å². The molecular weight excluding hydrogens is 306 g/mol. The van der Waals surface area contributed by atoms with E-state index < -0.39 is 0 Å². The van der Waals surface area contributed by atoms with Crippen LogP contribution in [0, 0.1) is 6.92 Å². The number of nitrogen functional groups attached to an aromatic ring is 1. The van der Waals surface area contributed by atoms with Crippen LogP contribution in [0.4, 0.5) is 11.4 Å². The number of carbonyl (C=O) groups excluding carboxylic acids is 1. The summed E-state index contributed by atoms with van der Waals surface area (Å²) in [6.45, 7) is 1.99. The first-order valence-electron chi connectivity index (χ1n) is 5.81. The Morgan fingerprint density at radius 3 is 2.79 bits per heavy atom. The number of amides is 1. The summed E-state index contributed by atoms with van der Waals surface area (Å²) in [6, 6.07) is 9.25. The minimum absolute atomic E-state index is 0.109. The molecule has 5 heteroatoms. The number of aryl methyl sites for hydroxylation is 1. The van der Waals surface area contributed by atoms with Crippen molar-refractivity contribution in [2.75, 3.05) is 11.1 Å². The molecule has 2 rings (SSSR count). The number of nitrogens with one attached hydrogen (secondary N) is 1. The van der Waals surface area contributed by atoms with Crippen molar-refractivity contribution in [3.63, 3.8) is 0 Å². The molecule has 19 heavy (non-hydrogen) atoms. The fourth-order valence-corrected chi connectivity index (χ4v) is 2.21. The monoisotopic (exact) mass is 319 g/mol. The molecule has 0 aliphatic carbocycles. The first-order valence-corrected chi connectivity index (χ1v) is 6.60. The van der Waals surface area contributed by atoms with Gasteiger partial charge in [-0.2, -0.15) is 0 Å². The Bertz CT molecular complexity index is 596. The van der Waals surface area contributed by atoms with Crippen LogP contribution in [0.5, 0.6) is 0 Å². The van der Waals surface area contributed by atoms with E-state index in [0.29, 0.717) is 11.4 Å². The maximum absolute atomic E-state index is 11.9. The molecule has 3 N–H and O–H groups in total. The number of nitrogens with two attached hydrogens (primary N) is 1. The Labute approximate surface area is 120 Å². The van der Waals surface area contributed by atoms with Crippen LogP contribution in [-0.2, 0) is 11.2 Å². The highest BCUT2D eigenvalue weighted by Gasteiger charge is 2.07. The van der Waals surface area contributed by atoms with E-state index in [1.165, 1.54) is 0 Å². The van der Waals surface area contributed by atoms with Crippen LogP contribution in [0.25, 0.3) is 0 Å². The van der Waals surface area contributed by atoms with E-state index in [4.69, 9.17) is 5.73 Å². The Morgan fingerprint density at radius 1 is 1.37 bits per heavy atom. The lowest BCUT2D eigenvalue weighted by Gasteiger charge is -2.08. The predicted octanol–water partition coefficient (Wildman–Crippen LogP) is 2.92. The lowest BCUT2D eigenvalue weighted by atomic mass is 10.2. The second-order valence-corrected chi connectivity index (χ2v) is 5.15. The van der Waals surface area contributed by atoms with Crippen molar-refractivity contribution in [2.24, 2.45) is 0 Å². The van der Waals surface area contributed by atoms with Crippen LogP contribution in [0.2, 0.25) is 0 Å². The van der Waals surface area contributed by atoms with E-state index in [-0.39, 0.29) is 12.3 Å². The maximum Gasteiger partial charge on any atom is 0.230 e. The van der Waals surface area contributed by atoms with Gasteiger partial charge in [0.05, 0.1) is 24.0 Å². The van der Waals surface area contributed by atoms with E-state index in [1.807, 2.05) is 25.1 Å². The number of aromatic nitrogens is 1. The fraction of sp³-hybridized carbons (Fsp3) is 0.143. The zero-order valence-electron chi connectivity index (χ0n) is 10.5. The molecule has 0 atom stereocenters. The van der Waals surface area contributed by atoms with Gasteiger partial charge in [-0.1, -0.05) is 6.07 Å². The molecule has 0 radical (unpaired) electrons. The molecule has 4 nitrogen and oxygen atoms in total. The van der Waals surface area contributed by atoms with Crippen LogP contribution >= 0.6 is 15.9 Å². The van der Waals surface area contributed by atoms with Crippen molar-refractivity contribution in [2.45, 2.75) is 13.3 Å². The van der Waals surface area contributed by atoms with Crippen LogP contribution in [0.15, 0.2) is 41.0 Å². The molecule has 1 aromatic carbocycles. The summed E-state index contributed by atoms with van der Waals surface area (Å²) >= 11 is 3.42. The molecule has 0 aliphatic heterocycles. The van der Waals surface area contributed by atoms with Crippen molar-refractivity contribution in [1.29, 1.82) is 0 Å². The minimum Gasteiger partial charge on any atom is -0.397 e. The van der Waals surface area contributed by atoms with Gasteiger partial charge in [0.2, 0.25) is 5.91 Å². The quantitative estimate of drug-likeness (QED) is 0.914. The average molecular weight is 320 g/mol. The Hall–Kier alpha value is -1.88. The summed E-state index contributed by atoms with van der Waals surface area (Å²) in [6.07, 6.45) is 1.77. The van der Waals surface area contributed by atoms with Gasteiger partial charge in [0, 0.05) is 10.2 Å². The number of pyridine rings is 1. The van der Waals surface area contributed by atoms with E-state index in [1.54, 1.807) is 18.3 Å². The average Bonchev–Trinajstić information content (AvgIpc) is 2.36. The predicted molar refractivity (Wildman–Crippen MR) is 79.9 cm³/mol. The molecule has 1 aromatic heterocycles. The molecule has 0 bridgehead atoms. The van der Waals surface area contributed by atoms with Crippen molar-refractivity contribution >= 4 is 33.2 Å². The molecule has 0 unspecified atom stereocenters. The van der Waals surface area contributed by atoms with Crippen LogP contribution in [0.3, 0.4) is 0 Å². The van der Waals surface area contributed by atoms with Crippen molar-refractivity contribution in [3.05, 3.63) is 52.3 Å². The van der Waals surface area contributed by atoms with Gasteiger partial charge in [-0.05, 0) is 52.7 Å². The van der Waals surface area contributed by atoms with Crippen LogP contribution in [-0.4, -0.2) is 10.9 Å². The van der Waals surface area contributed by atoms with Gasteiger partial charge in [0.1, 0.15) is 0 Å². The lowest BCUT2D eigenvalue weighted by Crippen LogP contribution is -2.15. The topological polar surface area (TPSA) is 68.0 Å². The molecule has 0 saturated heterocycles. The third-order valence-corrected chi connectivity index (χ3v) is 3.24. The summed E-state index contributed by atoms with van der Waals surface area (Å²) in [7, 11) is 0. The standard InChI is InChI=1S/C14H14BrN3O/c1-9-2-5-13(12(15)6-9)18-14(19)7-11-4-3-10(16)8-17-11/h2-6,8H,7,16H2,1H3,(H,18,19). The fourth-order valence-electron chi connectivity index (χ4n) is 1.62. The third-order valence-electron chi connectivity index (χ3n) is 2.59. The van der Waals surface area contributed by atoms with Gasteiger partial charge < -0.3 is 11.1 Å². The van der Waals surface area contributed by atoms with Gasteiger partial charge in [-0.25, -0.2) is 0 Å². The number of hydrogen-bond donors (Lipinski definition) is 2. The zero-order chi connectivity index (χ0) is 13.8. The molecule has 0 saturated carbocycles. The number of benzene rings is 1. The Kier molecular flexibility index (Phi) is 4.16. The molecule has 0 spiro atoms. The van der Waals surface area contributed by atoms with Gasteiger partial charge in [0.25, 0.3) is 0 Å². The highest BCUT2D eigenvalue weighted by molar-refractivity contribution is 9.10. The number of rotatable bonds is 3. The van der Waals surface area contributed by atoms with Gasteiger partial charge in [0.15, 0.2) is 0 Å². The molecule has 1 heterocycles. The smallest absolute Gasteiger partial charge is 0.230 e. The molecule has 0 aliphatic rings. The Morgan fingerprint density at radius 2 is 2.16 bits per heavy atom. The van der Waals surface area contributed by atoms with Crippen molar-refractivity contribution in [1.82, 2.24) is 4.98 Å². The van der Waals surface area contributed by atoms with E-state index >= 15 is 0 Å². The van der Waals surface area contributed by atoms with Crippen molar-refractivity contribution < 1.29 is 4.79 Å². The molecule has 98 valence electrons. The normalized spacial score (nSPS) is 10.2. The molecule has 2 aromatic rings. The SMILES string of the molecule is Cc1ccc(NC(=O)Cc2ccc(N)cn2)c(Br)c1. The summed E-state index contributed by atoms with van der Waals surface area (Å²) in [4.78, 5) is 16.0. The summed E-state index contributed by atoms with van der Waals surface area (Å²) in [5.74, 6) is -0.109. The number of anilines is 2. The lowest BCUT2D eigenvalue weighted by molar-refractivity contribution is -0.115. The largest absolute Gasteiger partial charge is 0.397 e. The summed E-state index contributed by atoms with van der Waals surface area (Å²) < 4.78 is 0.867. The van der Waals surface area contributed by atoms with E-state index in [0.717, 1.165) is 15.7 Å². The van der Waals surface area contributed by atoms with Crippen LogP contribution < -0.4 is 11.1 Å². The van der Waals surface area contributed by atoms with Gasteiger partial charge in [-0.3, -0.25) is 9.78 Å². The number of nitrogens with zero attached hydrogens (tertiary/aromatic N) is 1. The number of hydrogen-bond acceptors (Lipinski definition) is 3. The second kappa shape index (κ2) is 5.84. The first-order chi connectivity index (χ1) is 9.04. The van der Waals surface area contributed by atoms with Gasteiger partial charge in [-0.15, -0.1) is 0 Å². The van der Waals surface area contributed by atoms with Crippen LogP contribution in [0.1, 0.15) is 11.3 Å². The number of halogens is 1. The second-order valence-electron chi connectivity index (χ2n) is 4.29. The third kappa shape index (κ3) is 3.79. The highest BCUT2D eigenvalue weighted by Crippen LogP contribution is 2.23. The van der Waals surface area contributed by atoms with E-state index in [2.05, 4.69) is 26.2 Å². The summed E-state index contributed by atoms with van der Waals surface area (Å²) in [5, 5.41) is 2.84. The Balaban J connectivity index is 2.03. The number of carbonyl (C=O) groups is 1. The van der Waals surface area contributed by atoms with Gasteiger partial charge >= 0.3 is 0 Å². The molecule has 1 amide bonds. The molecular formula is C14H14BrN3O. The first kappa shape index (κ1) is 13.5. The maximum atomic E-state index is 11.9. The molecule has 0 fully saturated rings. The zero-order valence-corrected chi connectivity index (χ0v) is 12.1.